The predicted molar refractivity (Wildman–Crippen MR) is 139 cm³/mol. The maximum Gasteiger partial charge on any atom is 0.248 e. The highest BCUT2D eigenvalue weighted by Crippen LogP contribution is 2.30. The van der Waals surface area contributed by atoms with Crippen LogP contribution in [-0.2, 0) is 14.8 Å². The maximum atomic E-state index is 13.7. The molecule has 1 amide bonds. The first-order valence-corrected chi connectivity index (χ1v) is 13.3. The largest absolute Gasteiger partial charge is 0.497 e. The van der Waals surface area contributed by atoms with Crippen LogP contribution in [0.25, 0.3) is 12.2 Å². The minimum atomic E-state index is -3.93. The van der Waals surface area contributed by atoms with Gasteiger partial charge in [0.05, 0.1) is 13.0 Å². The Hall–Kier alpha value is -3.43. The molecule has 1 N–H and O–H groups in total. The fourth-order valence-electron chi connectivity index (χ4n) is 4.35. The Morgan fingerprint density at radius 3 is 2.75 bits per heavy atom. The van der Waals surface area contributed by atoms with Gasteiger partial charge in [-0.2, -0.15) is 4.31 Å². The van der Waals surface area contributed by atoms with Crippen LogP contribution in [-0.4, -0.2) is 44.0 Å². The third-order valence-corrected chi connectivity index (χ3v) is 8.40. The maximum absolute atomic E-state index is 13.7. The van der Waals surface area contributed by atoms with Gasteiger partial charge in [0.15, 0.2) is 10.7 Å². The smallest absolute Gasteiger partial charge is 0.248 e. The molecule has 1 aromatic heterocycles. The summed E-state index contributed by atoms with van der Waals surface area (Å²) in [6.45, 7) is 6.02. The summed E-state index contributed by atoms with van der Waals surface area (Å²) in [4.78, 5) is 13.0. The van der Waals surface area contributed by atoms with Crippen molar-refractivity contribution in [2.45, 2.75) is 38.5 Å². The summed E-state index contributed by atoms with van der Waals surface area (Å²) in [5.41, 5.74) is 4.04. The lowest BCUT2D eigenvalue weighted by molar-refractivity contribution is -0.120. The zero-order chi connectivity index (χ0) is 25.9. The number of hydrogen-bond donors (Lipinski definition) is 1. The number of aryl methyl sites for hydroxylation is 3. The monoisotopic (exact) mass is 509 g/mol. The second kappa shape index (κ2) is 10.7. The molecule has 4 rings (SSSR count). The van der Waals surface area contributed by atoms with Crippen LogP contribution in [0.4, 0.5) is 5.69 Å². The Morgan fingerprint density at radius 2 is 1.97 bits per heavy atom. The molecule has 2 aromatic carbocycles. The quantitative estimate of drug-likeness (QED) is 0.490. The number of rotatable bonds is 7. The van der Waals surface area contributed by atoms with Gasteiger partial charge in [-0.25, -0.2) is 8.42 Å². The number of sulfonamides is 1. The van der Waals surface area contributed by atoms with Crippen molar-refractivity contribution < 1.29 is 22.5 Å². The topological polar surface area (TPSA) is 102 Å². The zero-order valence-corrected chi connectivity index (χ0v) is 21.8. The number of aromatic nitrogens is 1. The zero-order valence-electron chi connectivity index (χ0n) is 20.9. The van der Waals surface area contributed by atoms with Gasteiger partial charge in [0.2, 0.25) is 15.9 Å². The van der Waals surface area contributed by atoms with Crippen molar-refractivity contribution in [3.63, 3.8) is 0 Å². The summed E-state index contributed by atoms with van der Waals surface area (Å²) >= 11 is 0. The Bertz CT molecular complexity index is 1390. The molecule has 0 radical (unpaired) electrons. The number of carbonyl (C=O) groups is 1. The molecule has 1 atom stereocenters. The molecule has 0 aliphatic carbocycles. The van der Waals surface area contributed by atoms with Gasteiger partial charge in [-0.3, -0.25) is 4.79 Å². The number of piperidine rings is 1. The molecule has 2 heterocycles. The van der Waals surface area contributed by atoms with Crippen molar-refractivity contribution in [1.82, 2.24) is 9.46 Å². The van der Waals surface area contributed by atoms with Gasteiger partial charge >= 0.3 is 0 Å². The van der Waals surface area contributed by atoms with E-state index in [1.165, 1.54) is 4.31 Å². The molecule has 0 unspecified atom stereocenters. The fourth-order valence-corrected chi connectivity index (χ4v) is 6.13. The number of nitrogens with one attached hydrogen (secondary N) is 1. The number of carbonyl (C=O) groups excluding carboxylic acids is 1. The number of benzene rings is 2. The van der Waals surface area contributed by atoms with E-state index in [2.05, 4.69) is 10.5 Å². The molecule has 36 heavy (non-hydrogen) atoms. The van der Waals surface area contributed by atoms with Gasteiger partial charge in [0, 0.05) is 24.8 Å². The van der Waals surface area contributed by atoms with Crippen molar-refractivity contribution in [2.75, 3.05) is 25.5 Å². The summed E-state index contributed by atoms with van der Waals surface area (Å²) in [5.74, 6) is 0.107. The molecule has 9 heteroatoms. The summed E-state index contributed by atoms with van der Waals surface area (Å²) in [5, 5.41) is 6.81. The van der Waals surface area contributed by atoms with Crippen LogP contribution in [0.5, 0.6) is 5.75 Å². The Balaban J connectivity index is 1.54. The van der Waals surface area contributed by atoms with Crippen LogP contribution >= 0.6 is 0 Å². The van der Waals surface area contributed by atoms with E-state index in [1.807, 2.05) is 38.1 Å². The average Bonchev–Trinajstić information content (AvgIpc) is 3.25. The van der Waals surface area contributed by atoms with Gasteiger partial charge in [-0.1, -0.05) is 41.1 Å². The minimum Gasteiger partial charge on any atom is -0.497 e. The second-order valence-electron chi connectivity index (χ2n) is 9.08. The van der Waals surface area contributed by atoms with E-state index in [0.29, 0.717) is 36.5 Å². The van der Waals surface area contributed by atoms with Crippen LogP contribution in [0, 0.1) is 26.7 Å². The molecular formula is C27H31N3O5S. The summed E-state index contributed by atoms with van der Waals surface area (Å²) < 4.78 is 39.3. The highest BCUT2D eigenvalue weighted by molar-refractivity contribution is 7.89. The predicted octanol–water partition coefficient (Wildman–Crippen LogP) is 4.82. The van der Waals surface area contributed by atoms with Gasteiger partial charge < -0.3 is 14.6 Å². The number of ether oxygens (including phenoxy) is 1. The standard InChI is InChI=1S/C27H31N3O5S/c1-18-10-11-19(2)21(15-18)12-13-25-26(20(3)29-35-25)36(32,33)30-14-6-7-22(17-30)27(31)28-23-8-5-9-24(16-23)34-4/h5,8-13,15-16,22H,6-7,14,17H2,1-4H3,(H,28,31)/b13-12+/t22-/m0/s1. The average molecular weight is 510 g/mol. The van der Waals surface area contributed by atoms with E-state index >= 15 is 0 Å². The Labute approximate surface area is 212 Å². The summed E-state index contributed by atoms with van der Waals surface area (Å²) in [6, 6.07) is 13.1. The molecule has 1 aliphatic rings. The highest BCUT2D eigenvalue weighted by atomic mass is 32.2. The number of methoxy groups -OCH3 is 1. The van der Waals surface area contributed by atoms with Gasteiger partial charge in [-0.15, -0.1) is 0 Å². The number of anilines is 1. The van der Waals surface area contributed by atoms with Crippen molar-refractivity contribution in [2.24, 2.45) is 5.92 Å². The second-order valence-corrected chi connectivity index (χ2v) is 11.0. The lowest BCUT2D eigenvalue weighted by Crippen LogP contribution is -2.43. The SMILES string of the molecule is COc1cccc(NC(=O)[C@H]2CCCN(S(=O)(=O)c3c(C)noc3/C=C/c3cc(C)ccc3C)C2)c1. The van der Waals surface area contributed by atoms with E-state index < -0.39 is 15.9 Å². The molecule has 1 saturated heterocycles. The molecule has 0 bridgehead atoms. The first kappa shape index (κ1) is 25.7. The molecule has 0 spiro atoms. The van der Waals surface area contributed by atoms with E-state index in [0.717, 1.165) is 16.7 Å². The first-order chi connectivity index (χ1) is 17.2. The van der Waals surface area contributed by atoms with Gasteiger partial charge in [0.25, 0.3) is 0 Å². The molecule has 1 aliphatic heterocycles. The van der Waals surface area contributed by atoms with Gasteiger partial charge in [-0.05, 0) is 62.9 Å². The van der Waals surface area contributed by atoms with Crippen LogP contribution in [0.1, 0.15) is 41.0 Å². The minimum absolute atomic E-state index is 0.0397. The van der Waals surface area contributed by atoms with E-state index in [4.69, 9.17) is 9.26 Å². The van der Waals surface area contributed by atoms with Crippen molar-refractivity contribution in [3.05, 3.63) is 70.6 Å². The van der Waals surface area contributed by atoms with Crippen molar-refractivity contribution >= 4 is 33.8 Å². The Kier molecular flexibility index (Phi) is 7.61. The highest BCUT2D eigenvalue weighted by Gasteiger charge is 2.37. The third-order valence-electron chi connectivity index (χ3n) is 6.37. The third kappa shape index (κ3) is 5.52. The van der Waals surface area contributed by atoms with Crippen molar-refractivity contribution in [3.8, 4) is 5.75 Å². The lowest BCUT2D eigenvalue weighted by Gasteiger charge is -2.31. The lowest BCUT2D eigenvalue weighted by atomic mass is 9.98. The van der Waals surface area contributed by atoms with Crippen LogP contribution in [0.3, 0.4) is 0 Å². The molecular weight excluding hydrogens is 478 g/mol. The molecule has 0 saturated carbocycles. The van der Waals surface area contributed by atoms with Crippen molar-refractivity contribution in [1.29, 1.82) is 0 Å². The van der Waals surface area contributed by atoms with Crippen LogP contribution < -0.4 is 10.1 Å². The fraction of sp³-hybridized carbons (Fsp3) is 0.333. The number of amides is 1. The summed E-state index contributed by atoms with van der Waals surface area (Å²) in [7, 11) is -2.37. The van der Waals surface area contributed by atoms with Crippen LogP contribution in [0.15, 0.2) is 51.9 Å². The first-order valence-electron chi connectivity index (χ1n) is 11.9. The van der Waals surface area contributed by atoms with E-state index in [1.54, 1.807) is 44.4 Å². The normalized spacial score (nSPS) is 16.8. The molecule has 8 nitrogen and oxygen atoms in total. The number of hydrogen-bond acceptors (Lipinski definition) is 6. The van der Waals surface area contributed by atoms with Gasteiger partial charge in [0.1, 0.15) is 11.4 Å². The van der Waals surface area contributed by atoms with Crippen LogP contribution in [0.2, 0.25) is 0 Å². The Morgan fingerprint density at radius 1 is 1.17 bits per heavy atom. The summed E-state index contributed by atoms with van der Waals surface area (Å²) in [6.07, 6.45) is 4.66. The molecule has 190 valence electrons. The molecule has 1 fully saturated rings. The van der Waals surface area contributed by atoms with E-state index in [-0.39, 0.29) is 23.1 Å². The number of nitrogens with zero attached hydrogens (tertiary/aromatic N) is 2. The molecule has 3 aromatic rings. The van der Waals surface area contributed by atoms with E-state index in [9.17, 15) is 13.2 Å².